The Bertz CT molecular complexity index is 1220. The molecule has 0 unspecified atom stereocenters. The summed E-state index contributed by atoms with van der Waals surface area (Å²) >= 11 is 0. The number of halogens is 1. The molecule has 0 spiro atoms. The van der Waals surface area contributed by atoms with E-state index in [1.807, 2.05) is 30.3 Å². The van der Waals surface area contributed by atoms with Gasteiger partial charge in [-0.15, -0.1) is 0 Å². The lowest BCUT2D eigenvalue weighted by molar-refractivity contribution is -0.129. The Morgan fingerprint density at radius 1 is 1.00 bits per heavy atom. The van der Waals surface area contributed by atoms with Gasteiger partial charge in [0.2, 0.25) is 5.91 Å². The number of hydroxylamine groups is 1. The van der Waals surface area contributed by atoms with Gasteiger partial charge in [-0.2, -0.15) is 0 Å². The molecule has 7 nitrogen and oxygen atoms in total. The van der Waals surface area contributed by atoms with E-state index >= 15 is 0 Å². The fourth-order valence-corrected chi connectivity index (χ4v) is 4.28. The van der Waals surface area contributed by atoms with E-state index in [4.69, 9.17) is 19.4 Å². The number of nitrogens with one attached hydrogen (secondary N) is 2. The Balaban J connectivity index is 1.29. The van der Waals surface area contributed by atoms with E-state index in [0.717, 1.165) is 53.1 Å². The van der Waals surface area contributed by atoms with Crippen LogP contribution in [0.15, 0.2) is 54.6 Å². The van der Waals surface area contributed by atoms with Crippen LogP contribution in [-0.2, 0) is 17.9 Å². The molecule has 196 valence electrons. The predicted molar refractivity (Wildman–Crippen MR) is 138 cm³/mol. The minimum Gasteiger partial charge on any atom is -0.489 e. The van der Waals surface area contributed by atoms with Crippen LogP contribution in [0.25, 0.3) is 11.1 Å². The van der Waals surface area contributed by atoms with Crippen LogP contribution in [0.4, 0.5) is 4.39 Å². The Labute approximate surface area is 216 Å². The molecule has 3 aromatic carbocycles. The zero-order chi connectivity index (χ0) is 26.0. The number of amides is 1. The molecule has 1 aliphatic heterocycles. The smallest absolute Gasteiger partial charge is 0.243 e. The first-order chi connectivity index (χ1) is 18.0. The molecular weight excluding hydrogens is 475 g/mol. The van der Waals surface area contributed by atoms with Gasteiger partial charge in [-0.05, 0) is 66.8 Å². The second-order valence-electron chi connectivity index (χ2n) is 9.01. The van der Waals surface area contributed by atoms with Gasteiger partial charge in [0.05, 0.1) is 0 Å². The molecule has 0 aliphatic carbocycles. The fraction of sp³-hybridized carbons (Fsp3) is 0.345. The summed E-state index contributed by atoms with van der Waals surface area (Å²) in [6, 6.07) is 17.0. The number of rotatable bonds is 12. The molecule has 37 heavy (non-hydrogen) atoms. The van der Waals surface area contributed by atoms with Crippen molar-refractivity contribution in [3.8, 4) is 28.4 Å². The zero-order valence-electron chi connectivity index (χ0n) is 21.0. The van der Waals surface area contributed by atoms with Gasteiger partial charge in [0, 0.05) is 24.6 Å². The van der Waals surface area contributed by atoms with Crippen molar-refractivity contribution in [2.45, 2.75) is 45.8 Å². The number of carbonyl (C=O) groups is 1. The van der Waals surface area contributed by atoms with Crippen LogP contribution >= 0.6 is 0 Å². The molecule has 0 atom stereocenters. The van der Waals surface area contributed by atoms with E-state index in [1.54, 1.807) is 17.6 Å². The SMILES string of the molecule is Cc1c(COc2ccc(CNCCCCCC(=O)NO)c(F)c2)cccc1-c1ccc2c(c1)OCCO2. The van der Waals surface area contributed by atoms with E-state index in [0.29, 0.717) is 50.5 Å². The highest BCUT2D eigenvalue weighted by molar-refractivity contribution is 5.74. The molecule has 8 heteroatoms. The molecular formula is C29H33FN2O5. The number of ether oxygens (including phenoxy) is 3. The first kappa shape index (κ1) is 26.4. The van der Waals surface area contributed by atoms with Crippen molar-refractivity contribution in [3.05, 3.63) is 77.1 Å². The van der Waals surface area contributed by atoms with Crippen molar-refractivity contribution < 1.29 is 28.6 Å². The van der Waals surface area contributed by atoms with E-state index < -0.39 is 0 Å². The molecule has 3 N–H and O–H groups in total. The van der Waals surface area contributed by atoms with E-state index in [1.165, 1.54) is 6.07 Å². The molecule has 0 saturated heterocycles. The van der Waals surface area contributed by atoms with Crippen LogP contribution in [0.2, 0.25) is 0 Å². The van der Waals surface area contributed by atoms with Gasteiger partial charge in [0.1, 0.15) is 31.4 Å². The molecule has 0 fully saturated rings. The van der Waals surface area contributed by atoms with Gasteiger partial charge in [-0.25, -0.2) is 9.87 Å². The normalized spacial score (nSPS) is 12.3. The average Bonchev–Trinajstić information content (AvgIpc) is 2.92. The van der Waals surface area contributed by atoms with Crippen molar-refractivity contribution in [1.29, 1.82) is 0 Å². The van der Waals surface area contributed by atoms with Crippen LogP contribution in [0, 0.1) is 12.7 Å². The first-order valence-corrected chi connectivity index (χ1v) is 12.6. The van der Waals surface area contributed by atoms with Crippen molar-refractivity contribution in [2.24, 2.45) is 0 Å². The molecule has 3 aromatic rings. The lowest BCUT2D eigenvalue weighted by Gasteiger charge is -2.20. The number of unbranched alkanes of at least 4 members (excludes halogenated alkanes) is 2. The van der Waals surface area contributed by atoms with Crippen LogP contribution in [-0.4, -0.2) is 30.9 Å². The number of carbonyl (C=O) groups excluding carboxylic acids is 1. The zero-order valence-corrected chi connectivity index (χ0v) is 21.0. The van der Waals surface area contributed by atoms with Crippen molar-refractivity contribution in [1.82, 2.24) is 10.8 Å². The Morgan fingerprint density at radius 2 is 1.84 bits per heavy atom. The summed E-state index contributed by atoms with van der Waals surface area (Å²) in [7, 11) is 0. The van der Waals surface area contributed by atoms with E-state index in [-0.39, 0.29) is 11.7 Å². The highest BCUT2D eigenvalue weighted by Gasteiger charge is 2.14. The quantitative estimate of drug-likeness (QED) is 0.175. The van der Waals surface area contributed by atoms with Crippen molar-refractivity contribution >= 4 is 5.91 Å². The number of fused-ring (bicyclic) bond motifs is 1. The molecule has 1 amide bonds. The molecule has 0 bridgehead atoms. The van der Waals surface area contributed by atoms with Gasteiger partial charge in [-0.1, -0.05) is 36.8 Å². The number of hydrogen-bond acceptors (Lipinski definition) is 6. The number of benzene rings is 3. The maximum Gasteiger partial charge on any atom is 0.243 e. The van der Waals surface area contributed by atoms with Crippen molar-refractivity contribution in [3.63, 3.8) is 0 Å². The largest absolute Gasteiger partial charge is 0.489 e. The summed E-state index contributed by atoms with van der Waals surface area (Å²) in [4.78, 5) is 11.0. The molecule has 0 saturated carbocycles. The van der Waals surface area contributed by atoms with Crippen LogP contribution < -0.4 is 25.0 Å². The minimum absolute atomic E-state index is 0.300. The third-order valence-electron chi connectivity index (χ3n) is 6.42. The molecule has 4 rings (SSSR count). The van der Waals surface area contributed by atoms with Gasteiger partial charge in [0.25, 0.3) is 0 Å². The fourth-order valence-electron chi connectivity index (χ4n) is 4.28. The third-order valence-corrected chi connectivity index (χ3v) is 6.42. The lowest BCUT2D eigenvalue weighted by atomic mass is 9.96. The minimum atomic E-state index is -0.375. The predicted octanol–water partition coefficient (Wildman–Crippen LogP) is 5.31. The van der Waals surface area contributed by atoms with Crippen LogP contribution in [0.3, 0.4) is 0 Å². The maximum absolute atomic E-state index is 14.6. The monoisotopic (exact) mass is 508 g/mol. The second kappa shape index (κ2) is 13.1. The van der Waals surface area contributed by atoms with Gasteiger partial charge in [-0.3, -0.25) is 10.0 Å². The first-order valence-electron chi connectivity index (χ1n) is 12.6. The topological polar surface area (TPSA) is 89.1 Å². The highest BCUT2D eigenvalue weighted by atomic mass is 19.1. The van der Waals surface area contributed by atoms with Crippen LogP contribution in [0.5, 0.6) is 17.2 Å². The lowest BCUT2D eigenvalue weighted by Crippen LogP contribution is -2.18. The molecule has 1 aliphatic rings. The number of hydrogen-bond donors (Lipinski definition) is 3. The summed E-state index contributed by atoms with van der Waals surface area (Å²) < 4.78 is 31.9. The van der Waals surface area contributed by atoms with Crippen LogP contribution in [0.1, 0.15) is 42.4 Å². The van der Waals surface area contributed by atoms with E-state index in [9.17, 15) is 9.18 Å². The highest BCUT2D eigenvalue weighted by Crippen LogP contribution is 2.36. The second-order valence-corrected chi connectivity index (χ2v) is 9.01. The standard InChI is InChI=1S/C29H33FN2O5/c1-20-23(6-5-7-25(20)21-10-12-27-28(16-21)36-15-14-35-27)19-37-24-11-9-22(26(30)17-24)18-31-13-4-2-3-8-29(33)32-34/h5-7,9-12,16-17,31,34H,2-4,8,13-15,18-19H2,1H3,(H,32,33). The molecule has 1 heterocycles. The van der Waals surface area contributed by atoms with E-state index in [2.05, 4.69) is 18.3 Å². The molecule has 0 radical (unpaired) electrons. The Morgan fingerprint density at radius 3 is 2.65 bits per heavy atom. The summed E-state index contributed by atoms with van der Waals surface area (Å²) in [5.41, 5.74) is 6.44. The molecule has 0 aromatic heterocycles. The average molecular weight is 509 g/mol. The maximum atomic E-state index is 14.6. The summed E-state index contributed by atoms with van der Waals surface area (Å²) in [5, 5.41) is 11.7. The van der Waals surface area contributed by atoms with Gasteiger partial charge in [0.15, 0.2) is 11.5 Å². The van der Waals surface area contributed by atoms with Gasteiger partial charge < -0.3 is 19.5 Å². The summed E-state index contributed by atoms with van der Waals surface area (Å²) in [6.45, 7) is 4.63. The third kappa shape index (κ3) is 7.21. The van der Waals surface area contributed by atoms with Crippen molar-refractivity contribution in [2.75, 3.05) is 19.8 Å². The van der Waals surface area contributed by atoms with Gasteiger partial charge >= 0.3 is 0 Å². The Hall–Kier alpha value is -3.62. The Kier molecular flexibility index (Phi) is 9.35. The summed E-state index contributed by atoms with van der Waals surface area (Å²) in [5.74, 6) is 1.30. The summed E-state index contributed by atoms with van der Waals surface area (Å²) in [6.07, 6.45) is 2.72.